The number of rotatable bonds is 4. The van der Waals surface area contributed by atoms with E-state index < -0.39 is 26.3 Å². The Kier molecular flexibility index (Phi) is 4.43. The first-order chi connectivity index (χ1) is 9.92. The first-order valence-corrected chi connectivity index (χ1v) is 8.79. The summed E-state index contributed by atoms with van der Waals surface area (Å²) in [4.78, 5) is 0. The first-order valence-electron chi connectivity index (χ1n) is 7.35. The van der Waals surface area contributed by atoms with Gasteiger partial charge in [0.15, 0.2) is 0 Å². The molecule has 0 bridgehead atoms. The van der Waals surface area contributed by atoms with Crippen LogP contribution in [0, 0.1) is 0 Å². The van der Waals surface area contributed by atoms with Crippen LogP contribution in [0.2, 0.25) is 0 Å². The Morgan fingerprint density at radius 2 is 1.68 bits per heavy atom. The van der Waals surface area contributed by atoms with Crippen LogP contribution in [-0.2, 0) is 29.0 Å². The molecule has 0 spiro atoms. The predicted octanol–water partition coefficient (Wildman–Crippen LogP) is 0.940. The van der Waals surface area contributed by atoms with Crippen LogP contribution >= 0.6 is 0 Å². The molecule has 2 heterocycles. The number of hydrogen-bond donors (Lipinski definition) is 0. The number of sulfonamides is 1. The van der Waals surface area contributed by atoms with Gasteiger partial charge in [0, 0.05) is 20.8 Å². The van der Waals surface area contributed by atoms with Gasteiger partial charge in [-0.25, -0.2) is 8.42 Å². The van der Waals surface area contributed by atoms with E-state index in [0.29, 0.717) is 6.54 Å². The van der Waals surface area contributed by atoms with Crippen LogP contribution in [0.5, 0.6) is 0 Å². The second-order valence-electron chi connectivity index (χ2n) is 7.02. The number of nitrogens with zero attached hydrogens (tertiary/aromatic N) is 1. The minimum Gasteiger partial charge on any atom is -0.349 e. The molecule has 0 radical (unpaired) electrons. The molecular weight excluding hydrogens is 310 g/mol. The standard InChI is InChI=1S/C14H27NO6S/c1-12(2,3)22(16,17)15-8-10(15)11-9-20-13(4,18-6)14(5,19-7)21-11/h10-11H,8-9H2,1-7H3/t10-,11+,13-,14-,15?/m0/s1. The molecule has 2 fully saturated rings. The molecule has 22 heavy (non-hydrogen) atoms. The van der Waals surface area contributed by atoms with E-state index in [9.17, 15) is 8.42 Å². The Balaban J connectivity index is 2.12. The summed E-state index contributed by atoms with van der Waals surface area (Å²) < 4.78 is 48.2. The molecule has 7 nitrogen and oxygen atoms in total. The molecule has 2 rings (SSSR count). The monoisotopic (exact) mass is 337 g/mol. The van der Waals surface area contributed by atoms with Gasteiger partial charge in [-0.05, 0) is 34.6 Å². The molecule has 8 heteroatoms. The van der Waals surface area contributed by atoms with Gasteiger partial charge >= 0.3 is 0 Å². The van der Waals surface area contributed by atoms with Crippen molar-refractivity contribution < 1.29 is 27.4 Å². The molecule has 5 atom stereocenters. The molecule has 0 saturated carbocycles. The lowest BCUT2D eigenvalue weighted by atomic mass is 10.1. The van der Waals surface area contributed by atoms with Crippen molar-refractivity contribution >= 4 is 10.0 Å². The van der Waals surface area contributed by atoms with Crippen molar-refractivity contribution in [1.29, 1.82) is 0 Å². The molecule has 0 N–H and O–H groups in total. The first kappa shape index (κ1) is 18.1. The van der Waals surface area contributed by atoms with E-state index in [4.69, 9.17) is 18.9 Å². The summed E-state index contributed by atoms with van der Waals surface area (Å²) in [5.74, 6) is -2.15. The highest BCUT2D eigenvalue weighted by Gasteiger charge is 2.60. The van der Waals surface area contributed by atoms with Crippen LogP contribution in [0.4, 0.5) is 0 Å². The van der Waals surface area contributed by atoms with E-state index in [0.717, 1.165) is 0 Å². The third kappa shape index (κ3) is 2.70. The van der Waals surface area contributed by atoms with Gasteiger partial charge < -0.3 is 18.9 Å². The van der Waals surface area contributed by atoms with Gasteiger partial charge in [-0.2, -0.15) is 4.31 Å². The molecule has 2 aliphatic heterocycles. The third-order valence-corrected chi connectivity index (χ3v) is 7.20. The Bertz CT molecular complexity index is 530. The number of hydrogen-bond acceptors (Lipinski definition) is 6. The maximum absolute atomic E-state index is 12.5. The van der Waals surface area contributed by atoms with Crippen molar-refractivity contribution in [2.75, 3.05) is 27.4 Å². The van der Waals surface area contributed by atoms with Gasteiger partial charge in [0.25, 0.3) is 0 Å². The summed E-state index contributed by atoms with van der Waals surface area (Å²) >= 11 is 0. The Labute approximate surface area is 132 Å². The van der Waals surface area contributed by atoms with Crippen molar-refractivity contribution in [2.24, 2.45) is 0 Å². The van der Waals surface area contributed by atoms with Crippen LogP contribution in [0.3, 0.4) is 0 Å². The smallest absolute Gasteiger partial charge is 0.220 e. The van der Waals surface area contributed by atoms with Crippen LogP contribution in [0.15, 0.2) is 0 Å². The van der Waals surface area contributed by atoms with Gasteiger partial charge in [-0.15, -0.1) is 0 Å². The highest BCUT2D eigenvalue weighted by molar-refractivity contribution is 7.90. The summed E-state index contributed by atoms with van der Waals surface area (Å²) in [6, 6.07) is -0.222. The molecule has 0 amide bonds. The zero-order chi connectivity index (χ0) is 17.0. The van der Waals surface area contributed by atoms with Crippen molar-refractivity contribution in [3.63, 3.8) is 0 Å². The zero-order valence-electron chi connectivity index (χ0n) is 14.4. The van der Waals surface area contributed by atoms with Crippen LogP contribution in [0.1, 0.15) is 34.6 Å². The predicted molar refractivity (Wildman–Crippen MR) is 80.8 cm³/mol. The SMILES string of the molecule is CO[C@@]1(C)OC[C@H]([C@@H]2CN2S(=O)(=O)C(C)(C)C)O[C@]1(C)OC. The third-order valence-electron chi connectivity index (χ3n) is 4.62. The lowest BCUT2D eigenvalue weighted by Gasteiger charge is -2.49. The van der Waals surface area contributed by atoms with Crippen molar-refractivity contribution in [1.82, 2.24) is 4.31 Å². The van der Waals surface area contributed by atoms with E-state index in [1.165, 1.54) is 18.5 Å². The Morgan fingerprint density at radius 1 is 1.14 bits per heavy atom. The van der Waals surface area contributed by atoms with Crippen molar-refractivity contribution in [3.05, 3.63) is 0 Å². The lowest BCUT2D eigenvalue weighted by molar-refractivity contribution is -0.431. The van der Waals surface area contributed by atoms with Gasteiger partial charge in [-0.1, -0.05) is 0 Å². The van der Waals surface area contributed by atoms with Gasteiger partial charge in [-0.3, -0.25) is 0 Å². The molecule has 0 aliphatic carbocycles. The molecule has 130 valence electrons. The van der Waals surface area contributed by atoms with E-state index in [1.54, 1.807) is 34.6 Å². The summed E-state index contributed by atoms with van der Waals surface area (Å²) in [7, 11) is -0.319. The second kappa shape index (κ2) is 5.39. The van der Waals surface area contributed by atoms with E-state index in [1.807, 2.05) is 0 Å². The minimum absolute atomic E-state index is 0.222. The maximum Gasteiger partial charge on any atom is 0.220 e. The topological polar surface area (TPSA) is 74.1 Å². The Hall–Kier alpha value is -0.250. The minimum atomic E-state index is -3.35. The lowest BCUT2D eigenvalue weighted by Crippen LogP contribution is -2.63. The van der Waals surface area contributed by atoms with Crippen LogP contribution in [0.25, 0.3) is 0 Å². The second-order valence-corrected chi connectivity index (χ2v) is 9.67. The fourth-order valence-electron chi connectivity index (χ4n) is 2.54. The molecule has 0 aromatic heterocycles. The highest BCUT2D eigenvalue weighted by atomic mass is 32.2. The average molecular weight is 337 g/mol. The molecule has 2 aliphatic rings. The fourth-order valence-corrected chi connectivity index (χ4v) is 4.08. The van der Waals surface area contributed by atoms with Crippen molar-refractivity contribution in [2.45, 2.75) is 63.1 Å². The largest absolute Gasteiger partial charge is 0.349 e. The van der Waals surface area contributed by atoms with Crippen molar-refractivity contribution in [3.8, 4) is 0 Å². The van der Waals surface area contributed by atoms with Gasteiger partial charge in [0.1, 0.15) is 6.10 Å². The molecule has 1 unspecified atom stereocenters. The average Bonchev–Trinajstić information content (AvgIpc) is 3.21. The van der Waals surface area contributed by atoms with Crippen LogP contribution < -0.4 is 0 Å². The van der Waals surface area contributed by atoms with Crippen LogP contribution in [-0.4, -0.2) is 68.6 Å². The molecule has 0 aromatic carbocycles. The summed E-state index contributed by atoms with van der Waals surface area (Å²) in [6.45, 7) is 9.24. The highest BCUT2D eigenvalue weighted by Crippen LogP contribution is 2.41. The van der Waals surface area contributed by atoms with E-state index in [2.05, 4.69) is 0 Å². The van der Waals surface area contributed by atoms with Gasteiger partial charge in [0.05, 0.1) is 17.4 Å². The molecular formula is C14H27NO6S. The van der Waals surface area contributed by atoms with E-state index >= 15 is 0 Å². The summed E-state index contributed by atoms with van der Waals surface area (Å²) in [5, 5.41) is 0. The maximum atomic E-state index is 12.5. The van der Waals surface area contributed by atoms with E-state index in [-0.39, 0.29) is 18.8 Å². The molecule has 2 saturated heterocycles. The fraction of sp³-hybridized carbons (Fsp3) is 1.00. The number of ether oxygens (including phenoxy) is 4. The Morgan fingerprint density at radius 3 is 2.14 bits per heavy atom. The number of methoxy groups -OCH3 is 2. The quantitative estimate of drug-likeness (QED) is 0.711. The summed E-state index contributed by atoms with van der Waals surface area (Å²) in [6.07, 6.45) is -0.384. The molecule has 0 aromatic rings. The van der Waals surface area contributed by atoms with Gasteiger partial charge in [0.2, 0.25) is 21.6 Å². The summed E-state index contributed by atoms with van der Waals surface area (Å²) in [5.41, 5.74) is 0. The zero-order valence-corrected chi connectivity index (χ0v) is 15.2. The normalized spacial score (nSPS) is 43.1.